The predicted octanol–water partition coefficient (Wildman–Crippen LogP) is 2.58. The van der Waals surface area contributed by atoms with Crippen molar-refractivity contribution in [3.05, 3.63) is 11.8 Å². The Morgan fingerprint density at radius 3 is 2.27 bits per heavy atom. The second kappa shape index (κ2) is 7.20. The number of aliphatic hydroxyl groups is 2. The van der Waals surface area contributed by atoms with Crippen LogP contribution in [0.15, 0.2) is 11.8 Å². The van der Waals surface area contributed by atoms with Crippen molar-refractivity contribution in [1.82, 2.24) is 0 Å². The first-order valence-electron chi connectivity index (χ1n) is 5.85. The minimum absolute atomic E-state index is 0.257. The van der Waals surface area contributed by atoms with E-state index in [9.17, 15) is 5.11 Å². The van der Waals surface area contributed by atoms with Gasteiger partial charge in [-0.15, -0.1) is 0 Å². The third-order valence-corrected chi connectivity index (χ3v) is 3.64. The van der Waals surface area contributed by atoms with E-state index in [4.69, 9.17) is 5.11 Å². The van der Waals surface area contributed by atoms with Crippen LogP contribution in [0.25, 0.3) is 0 Å². The average molecular weight is 230 g/mol. The molecule has 0 saturated carbocycles. The maximum atomic E-state index is 9.85. The Morgan fingerprint density at radius 1 is 1.20 bits per heavy atom. The van der Waals surface area contributed by atoms with E-state index >= 15 is 0 Å². The van der Waals surface area contributed by atoms with Gasteiger partial charge in [0.25, 0.3) is 0 Å². The summed E-state index contributed by atoms with van der Waals surface area (Å²) in [7, 11) is -1.18. The summed E-state index contributed by atoms with van der Waals surface area (Å²) in [6.07, 6.45) is 4.45. The first kappa shape index (κ1) is 14.9. The molecule has 0 aliphatic rings. The lowest BCUT2D eigenvalue weighted by atomic mass is 9.98. The molecule has 0 saturated heterocycles. The van der Waals surface area contributed by atoms with Crippen molar-refractivity contribution in [2.45, 2.75) is 51.9 Å². The molecule has 0 heterocycles. The molecular weight excluding hydrogens is 204 g/mol. The molecule has 2 N–H and O–H groups in total. The third kappa shape index (κ3) is 8.84. The molecule has 15 heavy (non-hydrogen) atoms. The van der Waals surface area contributed by atoms with E-state index in [1.807, 2.05) is 6.08 Å². The molecule has 0 rings (SSSR count). The van der Waals surface area contributed by atoms with Gasteiger partial charge in [0.15, 0.2) is 0 Å². The van der Waals surface area contributed by atoms with Crippen LogP contribution in [0.2, 0.25) is 19.6 Å². The topological polar surface area (TPSA) is 40.5 Å². The van der Waals surface area contributed by atoms with Crippen LogP contribution in [0.1, 0.15) is 26.2 Å². The molecule has 0 aliphatic heterocycles. The van der Waals surface area contributed by atoms with Crippen molar-refractivity contribution in [2.75, 3.05) is 6.61 Å². The van der Waals surface area contributed by atoms with Crippen molar-refractivity contribution in [3.8, 4) is 0 Å². The van der Waals surface area contributed by atoms with Crippen molar-refractivity contribution < 1.29 is 10.2 Å². The quantitative estimate of drug-likeness (QED) is 0.521. The number of aliphatic hydroxyl groups excluding tert-OH is 2. The highest BCUT2D eigenvalue weighted by Crippen LogP contribution is 2.14. The molecule has 2 atom stereocenters. The van der Waals surface area contributed by atoms with Crippen LogP contribution in [0.4, 0.5) is 0 Å². The van der Waals surface area contributed by atoms with Gasteiger partial charge in [-0.2, -0.15) is 0 Å². The third-order valence-electron chi connectivity index (χ3n) is 2.44. The van der Waals surface area contributed by atoms with Gasteiger partial charge in [-0.3, -0.25) is 0 Å². The number of unbranched alkanes of at least 4 members (excludes halogenated alkanes) is 1. The fourth-order valence-electron chi connectivity index (χ4n) is 1.33. The summed E-state index contributed by atoms with van der Waals surface area (Å²) in [4.78, 5) is 0. The number of rotatable bonds is 7. The highest BCUT2D eigenvalue weighted by atomic mass is 28.3. The van der Waals surface area contributed by atoms with Gasteiger partial charge in [0.2, 0.25) is 0 Å². The Balaban J connectivity index is 3.88. The second-order valence-corrected chi connectivity index (χ2v) is 10.5. The van der Waals surface area contributed by atoms with Crippen LogP contribution in [0.3, 0.4) is 0 Å². The van der Waals surface area contributed by atoms with Crippen LogP contribution in [0.5, 0.6) is 0 Å². The molecule has 0 aromatic heterocycles. The van der Waals surface area contributed by atoms with Gasteiger partial charge < -0.3 is 10.2 Å². The Morgan fingerprint density at radius 2 is 1.80 bits per heavy atom. The Hall–Kier alpha value is -0.123. The minimum Gasteiger partial charge on any atom is -0.396 e. The Labute approximate surface area is 95.0 Å². The zero-order valence-corrected chi connectivity index (χ0v) is 11.5. The fraction of sp³-hybridized carbons (Fsp3) is 0.833. The molecule has 0 aliphatic carbocycles. The van der Waals surface area contributed by atoms with E-state index in [-0.39, 0.29) is 12.7 Å². The lowest BCUT2D eigenvalue weighted by Gasteiger charge is -2.17. The summed E-state index contributed by atoms with van der Waals surface area (Å²) in [5.41, 5.74) is 2.19. The molecule has 0 radical (unpaired) electrons. The van der Waals surface area contributed by atoms with Crippen LogP contribution in [-0.4, -0.2) is 31.0 Å². The average Bonchev–Trinajstić information content (AvgIpc) is 2.13. The smallest absolute Gasteiger partial charge is 0.0742 e. The van der Waals surface area contributed by atoms with E-state index in [1.165, 1.54) is 0 Å². The SMILES string of the molecule is CC(CCCCO)C(O)/C=C/[Si](C)(C)C. The Bertz CT molecular complexity index is 185. The van der Waals surface area contributed by atoms with Crippen LogP contribution in [-0.2, 0) is 0 Å². The molecule has 0 aromatic carbocycles. The number of hydrogen-bond acceptors (Lipinski definition) is 2. The first-order chi connectivity index (χ1) is 6.87. The number of hydrogen-bond donors (Lipinski definition) is 2. The predicted molar refractivity (Wildman–Crippen MR) is 68.6 cm³/mol. The highest BCUT2D eigenvalue weighted by molar-refractivity contribution is 6.80. The highest BCUT2D eigenvalue weighted by Gasteiger charge is 2.13. The summed E-state index contributed by atoms with van der Waals surface area (Å²) in [5, 5.41) is 18.5. The lowest BCUT2D eigenvalue weighted by molar-refractivity contribution is 0.153. The van der Waals surface area contributed by atoms with Crippen LogP contribution >= 0.6 is 0 Å². The van der Waals surface area contributed by atoms with Crippen LogP contribution in [0, 0.1) is 5.92 Å². The zero-order valence-electron chi connectivity index (χ0n) is 10.5. The van der Waals surface area contributed by atoms with E-state index in [2.05, 4.69) is 32.3 Å². The molecule has 2 unspecified atom stereocenters. The van der Waals surface area contributed by atoms with Gasteiger partial charge in [0.1, 0.15) is 0 Å². The summed E-state index contributed by atoms with van der Waals surface area (Å²) >= 11 is 0. The second-order valence-electron chi connectivity index (χ2n) is 5.41. The molecule has 2 nitrogen and oxygen atoms in total. The van der Waals surface area contributed by atoms with E-state index in [0.717, 1.165) is 19.3 Å². The lowest BCUT2D eigenvalue weighted by Crippen LogP contribution is -2.20. The molecular formula is C12H26O2Si. The molecule has 0 amide bonds. The standard InChI is InChI=1S/C12H26O2Si/c1-11(7-5-6-9-13)12(14)8-10-15(2,3)4/h8,10-14H,5-7,9H2,1-4H3/b10-8+. The van der Waals surface area contributed by atoms with Gasteiger partial charge >= 0.3 is 0 Å². The van der Waals surface area contributed by atoms with E-state index in [1.54, 1.807) is 0 Å². The summed E-state index contributed by atoms with van der Waals surface area (Å²) in [6.45, 7) is 9.09. The molecule has 0 spiro atoms. The molecule has 3 heteroatoms. The van der Waals surface area contributed by atoms with Crippen molar-refractivity contribution in [3.63, 3.8) is 0 Å². The van der Waals surface area contributed by atoms with Gasteiger partial charge in [-0.1, -0.05) is 44.8 Å². The maximum Gasteiger partial charge on any atom is 0.0742 e. The largest absolute Gasteiger partial charge is 0.396 e. The van der Waals surface area contributed by atoms with Gasteiger partial charge in [0, 0.05) is 6.61 Å². The summed E-state index contributed by atoms with van der Waals surface area (Å²) in [6, 6.07) is 0. The van der Waals surface area contributed by atoms with Gasteiger partial charge in [-0.25, -0.2) is 0 Å². The van der Waals surface area contributed by atoms with E-state index in [0.29, 0.717) is 5.92 Å². The normalized spacial score (nSPS) is 16.9. The molecule has 90 valence electrons. The van der Waals surface area contributed by atoms with Gasteiger partial charge in [0.05, 0.1) is 14.2 Å². The van der Waals surface area contributed by atoms with Crippen molar-refractivity contribution in [2.24, 2.45) is 5.92 Å². The summed E-state index contributed by atoms with van der Waals surface area (Å²) < 4.78 is 0. The van der Waals surface area contributed by atoms with Gasteiger partial charge in [-0.05, 0) is 18.8 Å². The molecule has 0 aromatic rings. The Kier molecular flexibility index (Phi) is 7.14. The zero-order chi connectivity index (χ0) is 11.9. The monoisotopic (exact) mass is 230 g/mol. The van der Waals surface area contributed by atoms with E-state index < -0.39 is 8.07 Å². The molecule has 0 bridgehead atoms. The van der Waals surface area contributed by atoms with Crippen molar-refractivity contribution in [1.29, 1.82) is 0 Å². The maximum absolute atomic E-state index is 9.85. The molecule has 0 fully saturated rings. The minimum atomic E-state index is -1.18. The first-order valence-corrected chi connectivity index (χ1v) is 9.43. The summed E-state index contributed by atoms with van der Waals surface area (Å²) in [5.74, 6) is 0.296. The fourth-order valence-corrected chi connectivity index (χ4v) is 2.10. The van der Waals surface area contributed by atoms with Crippen LogP contribution < -0.4 is 0 Å². The van der Waals surface area contributed by atoms with Crippen molar-refractivity contribution >= 4 is 8.07 Å².